The van der Waals surface area contributed by atoms with Crippen LogP contribution < -0.4 is 16.6 Å². The summed E-state index contributed by atoms with van der Waals surface area (Å²) in [6, 6.07) is 26.1. The van der Waals surface area contributed by atoms with Gasteiger partial charge in [0.25, 0.3) is 5.56 Å². The minimum absolute atomic E-state index is 0.00994. The number of sulfone groups is 1. The summed E-state index contributed by atoms with van der Waals surface area (Å²) in [6.07, 6.45) is 0.170. The van der Waals surface area contributed by atoms with Gasteiger partial charge in [-0.15, -0.1) is 0 Å². The first-order valence-electron chi connectivity index (χ1n) is 17.9. The summed E-state index contributed by atoms with van der Waals surface area (Å²) >= 11 is 0. The van der Waals surface area contributed by atoms with Crippen molar-refractivity contribution in [2.45, 2.75) is 22.3 Å². The Morgan fingerprint density at radius 1 is 0.754 bits per heavy atom. The summed E-state index contributed by atoms with van der Waals surface area (Å²) in [6.45, 7) is -1.31. The number of hydrogen-bond donors (Lipinski definition) is 2. The van der Waals surface area contributed by atoms with Crippen LogP contribution in [-0.2, 0) is 45.9 Å². The topological polar surface area (TPSA) is 219 Å². The summed E-state index contributed by atoms with van der Waals surface area (Å²) < 4.78 is 80.7. The molecular formula is C38H39N7O9S3. The number of carbonyl (C=O) groups is 2. The maximum absolute atomic E-state index is 14.3. The molecule has 1 atom stereocenters. The van der Waals surface area contributed by atoms with Gasteiger partial charge < -0.3 is 16.0 Å². The van der Waals surface area contributed by atoms with E-state index in [2.05, 4.69) is 5.32 Å². The molecule has 2 fully saturated rings. The van der Waals surface area contributed by atoms with Gasteiger partial charge >= 0.3 is 0 Å². The van der Waals surface area contributed by atoms with Gasteiger partial charge in [0.1, 0.15) is 5.82 Å². The van der Waals surface area contributed by atoms with Gasteiger partial charge in [-0.2, -0.15) is 8.61 Å². The number of benzene rings is 4. The summed E-state index contributed by atoms with van der Waals surface area (Å²) in [5, 5.41) is 3.23. The first-order valence-corrected chi connectivity index (χ1v) is 22.6. The van der Waals surface area contributed by atoms with Crippen LogP contribution >= 0.6 is 0 Å². The van der Waals surface area contributed by atoms with Crippen molar-refractivity contribution in [3.63, 3.8) is 0 Å². The molecule has 57 heavy (non-hydrogen) atoms. The average Bonchev–Trinajstić information content (AvgIpc) is 3.19. The van der Waals surface area contributed by atoms with Crippen molar-refractivity contribution in [3.05, 3.63) is 125 Å². The summed E-state index contributed by atoms with van der Waals surface area (Å²) in [5.74, 6) is -1.58. The molecule has 3 N–H and O–H groups in total. The number of nitrogen functional groups attached to an aromatic ring is 1. The summed E-state index contributed by atoms with van der Waals surface area (Å²) in [7, 11) is -11.4. The van der Waals surface area contributed by atoms with E-state index in [0.717, 1.165) is 14.2 Å². The average molecular weight is 834 g/mol. The highest BCUT2D eigenvalue weighted by molar-refractivity contribution is 7.92. The van der Waals surface area contributed by atoms with Crippen LogP contribution in [0.2, 0.25) is 0 Å². The molecule has 0 radical (unpaired) electrons. The third-order valence-electron chi connectivity index (χ3n) is 9.90. The van der Waals surface area contributed by atoms with Crippen molar-refractivity contribution in [2.75, 3.05) is 56.5 Å². The molecule has 5 aromatic rings. The fraction of sp³-hybridized carbons (Fsp3) is 0.263. The van der Waals surface area contributed by atoms with E-state index in [9.17, 15) is 39.6 Å². The molecule has 19 heteroatoms. The smallest absolute Gasteiger partial charge is 0.266 e. The second-order valence-corrected chi connectivity index (χ2v) is 19.9. The van der Waals surface area contributed by atoms with Gasteiger partial charge in [0.2, 0.25) is 31.9 Å². The van der Waals surface area contributed by atoms with Gasteiger partial charge in [-0.25, -0.2) is 30.2 Å². The highest BCUT2D eigenvalue weighted by Crippen LogP contribution is 2.25. The van der Waals surface area contributed by atoms with Crippen molar-refractivity contribution in [2.24, 2.45) is 0 Å². The second-order valence-electron chi connectivity index (χ2n) is 13.7. The molecule has 0 bridgehead atoms. The first-order chi connectivity index (χ1) is 27.1. The number of hydrogen-bond acceptors (Lipinski definition) is 11. The molecule has 298 valence electrons. The third-order valence-corrected chi connectivity index (χ3v) is 15.3. The number of fused-ring (bicyclic) bond motifs is 1. The maximum Gasteiger partial charge on any atom is 0.266 e. The van der Waals surface area contributed by atoms with Gasteiger partial charge in [-0.1, -0.05) is 42.5 Å². The fourth-order valence-corrected chi connectivity index (χ4v) is 11.1. The molecular weight excluding hydrogens is 795 g/mol. The van der Waals surface area contributed by atoms with Crippen molar-refractivity contribution >= 4 is 58.3 Å². The number of sulfonamides is 2. The molecule has 2 aliphatic rings. The van der Waals surface area contributed by atoms with E-state index >= 15 is 0 Å². The largest absolute Gasteiger partial charge is 0.399 e. The number of nitrogens with zero attached hydrogens (tertiary/aromatic N) is 5. The number of rotatable bonds is 11. The fourth-order valence-electron chi connectivity index (χ4n) is 6.80. The molecule has 2 aliphatic heterocycles. The van der Waals surface area contributed by atoms with E-state index < -0.39 is 66.4 Å². The van der Waals surface area contributed by atoms with Crippen molar-refractivity contribution in [1.29, 1.82) is 0 Å². The predicted octanol–water partition coefficient (Wildman–Crippen LogP) is 1.32. The van der Waals surface area contributed by atoms with Gasteiger partial charge in [0.15, 0.2) is 9.84 Å². The van der Waals surface area contributed by atoms with Crippen molar-refractivity contribution in [1.82, 2.24) is 28.4 Å². The van der Waals surface area contributed by atoms with Gasteiger partial charge in [-0.05, 0) is 72.6 Å². The van der Waals surface area contributed by atoms with Crippen LogP contribution in [0.1, 0.15) is 17.4 Å². The number of nitrogens with one attached hydrogen (secondary N) is 1. The molecule has 0 aliphatic carbocycles. The monoisotopic (exact) mass is 833 g/mol. The van der Waals surface area contributed by atoms with Crippen LogP contribution in [0.15, 0.2) is 118 Å². The van der Waals surface area contributed by atoms with E-state index in [0.29, 0.717) is 11.2 Å². The van der Waals surface area contributed by atoms with E-state index in [-0.39, 0.29) is 70.8 Å². The number of carbonyl (C=O) groups excluding carboxylic acids is 2. The maximum atomic E-state index is 14.3. The third kappa shape index (κ3) is 8.47. The molecule has 0 spiro atoms. The standard InChI is InChI=1S/C38H39N7O9S3/c39-28-10-14-30(15-11-28)57(53,54)44-19-18-42(36(47)26-44)25-35(46)40-34(24-27-6-2-1-3-7-27)37-41-33-9-5-4-8-32(33)38(48)45(37)29-12-16-31(17-13-29)56(51,52)43-20-22-55(49,50)23-21-43/h1-17,34H,18-26,39H2,(H,40,46)/t34-/m0/s1. The number of amides is 2. The van der Waals surface area contributed by atoms with Crippen LogP contribution in [0, 0.1) is 0 Å². The van der Waals surface area contributed by atoms with Crippen molar-refractivity contribution < 1.29 is 34.8 Å². The molecule has 7 rings (SSSR count). The van der Waals surface area contributed by atoms with E-state index in [1.54, 1.807) is 24.3 Å². The zero-order valence-electron chi connectivity index (χ0n) is 30.5. The lowest BCUT2D eigenvalue weighted by atomic mass is 10.0. The molecule has 0 unspecified atom stereocenters. The molecule has 0 saturated carbocycles. The van der Waals surface area contributed by atoms with Crippen LogP contribution in [0.5, 0.6) is 0 Å². The molecule has 4 aromatic carbocycles. The number of anilines is 1. The Morgan fingerprint density at radius 3 is 2.00 bits per heavy atom. The number of aromatic nitrogens is 2. The van der Waals surface area contributed by atoms with Crippen molar-refractivity contribution in [3.8, 4) is 5.69 Å². The summed E-state index contributed by atoms with van der Waals surface area (Å²) in [4.78, 5) is 47.4. The normalized spacial score (nSPS) is 17.3. The molecule has 2 saturated heterocycles. The Hall–Kier alpha value is -5.47. The van der Waals surface area contributed by atoms with Crippen LogP contribution in [0.4, 0.5) is 5.69 Å². The zero-order valence-corrected chi connectivity index (χ0v) is 32.9. The lowest BCUT2D eigenvalue weighted by Gasteiger charge is -2.33. The van der Waals surface area contributed by atoms with Crippen LogP contribution in [0.3, 0.4) is 0 Å². The lowest BCUT2D eigenvalue weighted by molar-refractivity contribution is -0.138. The predicted molar refractivity (Wildman–Crippen MR) is 212 cm³/mol. The number of nitrogens with two attached hydrogens (primary N) is 1. The van der Waals surface area contributed by atoms with Gasteiger partial charge in [0, 0.05) is 31.9 Å². The Morgan fingerprint density at radius 2 is 1.35 bits per heavy atom. The highest BCUT2D eigenvalue weighted by Gasteiger charge is 2.35. The molecule has 1 aromatic heterocycles. The van der Waals surface area contributed by atoms with Crippen LogP contribution in [-0.4, -0.2) is 111 Å². The van der Waals surface area contributed by atoms with Gasteiger partial charge in [-0.3, -0.25) is 19.0 Å². The Bertz CT molecular complexity index is 2720. The Balaban J connectivity index is 1.18. The highest BCUT2D eigenvalue weighted by atomic mass is 32.2. The minimum atomic E-state index is -4.05. The van der Waals surface area contributed by atoms with E-state index in [1.807, 2.05) is 30.3 Å². The minimum Gasteiger partial charge on any atom is -0.399 e. The molecule has 16 nitrogen and oxygen atoms in total. The Kier molecular flexibility index (Phi) is 11.0. The molecule has 3 heterocycles. The zero-order chi connectivity index (χ0) is 40.5. The first kappa shape index (κ1) is 39.8. The summed E-state index contributed by atoms with van der Waals surface area (Å²) in [5.41, 5.74) is 7.02. The quantitative estimate of drug-likeness (QED) is 0.181. The lowest BCUT2D eigenvalue weighted by Crippen LogP contribution is -2.54. The van der Waals surface area contributed by atoms with Gasteiger partial charge in [0.05, 0.1) is 57.0 Å². The number of piperazine rings is 1. The number of para-hydroxylation sites is 1. The Labute approximate surface area is 329 Å². The SMILES string of the molecule is Nc1ccc(S(=O)(=O)N2CCN(CC(=O)N[C@@H](Cc3ccccc3)c3nc4ccccc4c(=O)n3-c3ccc(S(=O)(=O)N4CCS(=O)(=O)CC4)cc3)C(=O)C2)cc1. The van der Waals surface area contributed by atoms with E-state index in [1.165, 1.54) is 58.0 Å². The molecule has 2 amide bonds. The second kappa shape index (κ2) is 15.8. The van der Waals surface area contributed by atoms with Crippen LogP contribution in [0.25, 0.3) is 16.6 Å². The van der Waals surface area contributed by atoms with E-state index in [4.69, 9.17) is 10.7 Å².